The molecule has 1 aromatic carbocycles. The van der Waals surface area contributed by atoms with E-state index in [9.17, 15) is 23.3 Å². The van der Waals surface area contributed by atoms with Crippen LogP contribution in [-0.4, -0.2) is 54.4 Å². The fourth-order valence-corrected chi connectivity index (χ4v) is 4.86. The van der Waals surface area contributed by atoms with Crippen molar-refractivity contribution < 1.29 is 27.6 Å². The SMILES string of the molecule is O=[N+]([O-])[C@@H]1[C@@H]([C@H]2CCC=C2N2CCOCC2)c2cc(Cl)ccc2O[C@@H]1C(F)(F)F. The fraction of sp³-hybridized carbons (Fsp3) is 0.579. The Balaban J connectivity index is 1.80. The number of morpholine rings is 1. The first-order valence-corrected chi connectivity index (χ1v) is 9.84. The normalized spacial score (nSPS) is 29.8. The monoisotopic (exact) mass is 432 g/mol. The molecule has 0 radical (unpaired) electrons. The molecule has 3 aliphatic rings. The van der Waals surface area contributed by atoms with Crippen LogP contribution >= 0.6 is 11.6 Å². The van der Waals surface area contributed by atoms with Crippen LogP contribution in [0, 0.1) is 16.0 Å². The van der Waals surface area contributed by atoms with E-state index in [2.05, 4.69) is 4.90 Å². The number of nitrogens with zero attached hydrogens (tertiary/aromatic N) is 2. The van der Waals surface area contributed by atoms with Crippen molar-refractivity contribution in [3.63, 3.8) is 0 Å². The summed E-state index contributed by atoms with van der Waals surface area (Å²) in [5, 5.41) is 12.2. The van der Waals surface area contributed by atoms with Crippen LogP contribution in [-0.2, 0) is 4.74 Å². The highest BCUT2D eigenvalue weighted by Crippen LogP contribution is 2.51. The third-order valence-electron chi connectivity index (χ3n) is 5.85. The Morgan fingerprint density at radius 3 is 2.62 bits per heavy atom. The van der Waals surface area contributed by atoms with Crippen molar-refractivity contribution in [2.75, 3.05) is 26.3 Å². The second-order valence-electron chi connectivity index (χ2n) is 7.48. The third kappa shape index (κ3) is 3.77. The molecule has 0 amide bonds. The zero-order chi connectivity index (χ0) is 20.8. The van der Waals surface area contributed by atoms with Crippen LogP contribution in [0.1, 0.15) is 24.3 Å². The first-order valence-electron chi connectivity index (χ1n) is 9.46. The minimum Gasteiger partial charge on any atom is -0.473 e. The van der Waals surface area contributed by atoms with Gasteiger partial charge in [-0.05, 0) is 31.0 Å². The minimum atomic E-state index is -4.87. The quantitative estimate of drug-likeness (QED) is 0.533. The van der Waals surface area contributed by atoms with Gasteiger partial charge in [-0.2, -0.15) is 13.2 Å². The summed E-state index contributed by atoms with van der Waals surface area (Å²) in [5.41, 5.74) is 1.23. The Labute approximate surface area is 170 Å². The summed E-state index contributed by atoms with van der Waals surface area (Å²) in [4.78, 5) is 13.1. The Kier molecular flexibility index (Phi) is 5.37. The largest absolute Gasteiger partial charge is 0.473 e. The average molecular weight is 433 g/mol. The number of alkyl halides is 3. The van der Waals surface area contributed by atoms with Crippen LogP contribution < -0.4 is 4.74 Å². The van der Waals surface area contributed by atoms with Crippen LogP contribution in [0.4, 0.5) is 13.2 Å². The van der Waals surface area contributed by atoms with Gasteiger partial charge in [-0.15, -0.1) is 0 Å². The fourth-order valence-electron chi connectivity index (χ4n) is 4.68. The van der Waals surface area contributed by atoms with Gasteiger partial charge in [0, 0.05) is 40.2 Å². The van der Waals surface area contributed by atoms with E-state index in [4.69, 9.17) is 21.1 Å². The van der Waals surface area contributed by atoms with Gasteiger partial charge in [0.05, 0.1) is 19.1 Å². The van der Waals surface area contributed by atoms with Crippen molar-refractivity contribution in [3.8, 4) is 5.75 Å². The van der Waals surface area contributed by atoms with Crippen LogP contribution in [0.15, 0.2) is 30.0 Å². The van der Waals surface area contributed by atoms with Gasteiger partial charge < -0.3 is 14.4 Å². The summed E-state index contributed by atoms with van der Waals surface area (Å²) in [7, 11) is 0. The number of rotatable bonds is 3. The number of allylic oxidation sites excluding steroid dienone is 2. The topological polar surface area (TPSA) is 64.8 Å². The predicted molar refractivity (Wildman–Crippen MR) is 98.6 cm³/mol. The zero-order valence-corrected chi connectivity index (χ0v) is 16.2. The molecule has 6 nitrogen and oxygen atoms in total. The summed E-state index contributed by atoms with van der Waals surface area (Å²) in [6.07, 6.45) is -4.20. The van der Waals surface area contributed by atoms with Crippen molar-refractivity contribution in [3.05, 3.63) is 50.7 Å². The summed E-state index contributed by atoms with van der Waals surface area (Å²) >= 11 is 6.10. The Hall–Kier alpha value is -2.00. The number of ether oxygens (including phenoxy) is 2. The maximum atomic E-state index is 13.7. The molecule has 29 heavy (non-hydrogen) atoms. The lowest BCUT2D eigenvalue weighted by Crippen LogP contribution is -2.55. The molecule has 4 rings (SSSR count). The molecule has 2 aliphatic heterocycles. The van der Waals surface area contributed by atoms with E-state index in [0.717, 1.165) is 5.70 Å². The Morgan fingerprint density at radius 2 is 1.97 bits per heavy atom. The van der Waals surface area contributed by atoms with Gasteiger partial charge in [0.15, 0.2) is 0 Å². The van der Waals surface area contributed by atoms with Crippen molar-refractivity contribution in [1.29, 1.82) is 0 Å². The number of hydrogen-bond acceptors (Lipinski definition) is 5. The van der Waals surface area contributed by atoms with Gasteiger partial charge in [0.1, 0.15) is 5.75 Å². The summed E-state index contributed by atoms with van der Waals surface area (Å²) < 4.78 is 51.7. The smallest absolute Gasteiger partial charge is 0.432 e. The van der Waals surface area contributed by atoms with Crippen molar-refractivity contribution in [2.45, 2.75) is 37.1 Å². The highest BCUT2D eigenvalue weighted by atomic mass is 35.5. The number of hydrogen-bond donors (Lipinski definition) is 0. The van der Waals surface area contributed by atoms with Gasteiger partial charge in [0.25, 0.3) is 12.1 Å². The van der Waals surface area contributed by atoms with Crippen molar-refractivity contribution >= 4 is 11.6 Å². The molecule has 4 atom stereocenters. The van der Waals surface area contributed by atoms with E-state index < -0.39 is 35.1 Å². The number of fused-ring (bicyclic) bond motifs is 1. The lowest BCUT2D eigenvalue weighted by Gasteiger charge is -2.41. The van der Waals surface area contributed by atoms with Gasteiger partial charge >= 0.3 is 6.18 Å². The maximum absolute atomic E-state index is 13.7. The highest BCUT2D eigenvalue weighted by Gasteiger charge is 2.61. The highest BCUT2D eigenvalue weighted by molar-refractivity contribution is 6.30. The molecular weight excluding hydrogens is 413 g/mol. The van der Waals surface area contributed by atoms with E-state index in [-0.39, 0.29) is 5.75 Å². The molecule has 10 heteroatoms. The van der Waals surface area contributed by atoms with E-state index >= 15 is 0 Å². The second kappa shape index (κ2) is 7.68. The maximum Gasteiger partial charge on any atom is 0.432 e. The van der Waals surface area contributed by atoms with E-state index in [0.29, 0.717) is 49.7 Å². The van der Waals surface area contributed by atoms with Gasteiger partial charge in [-0.3, -0.25) is 10.1 Å². The second-order valence-corrected chi connectivity index (χ2v) is 7.91. The average Bonchev–Trinajstić information content (AvgIpc) is 3.15. The standard InChI is InChI=1S/C19H20ClF3N2O4/c20-11-4-5-15-13(10-11)16(17(25(26)27)18(29-15)19(21,22)23)12-2-1-3-14(12)24-6-8-28-9-7-24/h3-5,10,12,16-18H,1-2,6-9H2/t12-,16-,17+,18-/m0/s1. The van der Waals surface area contributed by atoms with E-state index in [1.165, 1.54) is 18.2 Å². The molecule has 2 heterocycles. The van der Waals surface area contributed by atoms with Crippen LogP contribution in [0.5, 0.6) is 5.75 Å². The Bertz CT molecular complexity index is 826. The van der Waals surface area contributed by atoms with Crippen LogP contribution in [0.3, 0.4) is 0 Å². The van der Waals surface area contributed by atoms with E-state index in [1.807, 2.05) is 6.08 Å². The van der Waals surface area contributed by atoms with E-state index in [1.54, 1.807) is 0 Å². The molecular formula is C19H20ClF3N2O4. The minimum absolute atomic E-state index is 0.00746. The molecule has 1 fully saturated rings. The summed E-state index contributed by atoms with van der Waals surface area (Å²) in [5.74, 6) is -1.40. The Morgan fingerprint density at radius 1 is 1.24 bits per heavy atom. The molecule has 0 bridgehead atoms. The van der Waals surface area contributed by atoms with Gasteiger partial charge in [-0.25, -0.2) is 0 Å². The molecule has 0 aromatic heterocycles. The van der Waals surface area contributed by atoms with Crippen LogP contribution in [0.25, 0.3) is 0 Å². The number of nitro groups is 1. The predicted octanol–water partition coefficient (Wildman–Crippen LogP) is 4.02. The van der Waals surface area contributed by atoms with Crippen LogP contribution in [0.2, 0.25) is 5.02 Å². The first-order chi connectivity index (χ1) is 13.8. The third-order valence-corrected chi connectivity index (χ3v) is 6.08. The van der Waals surface area contributed by atoms with Gasteiger partial charge in [-0.1, -0.05) is 17.7 Å². The molecule has 0 spiro atoms. The summed E-state index contributed by atoms with van der Waals surface area (Å²) in [6, 6.07) is 2.35. The molecule has 1 aliphatic carbocycles. The lowest BCUT2D eigenvalue weighted by molar-refractivity contribution is -0.550. The first kappa shape index (κ1) is 20.3. The van der Waals surface area contributed by atoms with Crippen molar-refractivity contribution in [2.24, 2.45) is 5.92 Å². The number of benzene rings is 1. The molecule has 0 unspecified atom stereocenters. The molecule has 1 saturated heterocycles. The molecule has 0 saturated carbocycles. The van der Waals surface area contributed by atoms with Crippen molar-refractivity contribution in [1.82, 2.24) is 4.90 Å². The zero-order valence-electron chi connectivity index (χ0n) is 15.4. The molecule has 158 valence electrons. The molecule has 0 N–H and O–H groups in total. The summed E-state index contributed by atoms with van der Waals surface area (Å²) in [6.45, 7) is 2.26. The molecule has 1 aromatic rings. The lowest BCUT2D eigenvalue weighted by atomic mass is 9.75. The number of halogens is 4. The van der Waals surface area contributed by atoms with Gasteiger partial charge in [0.2, 0.25) is 0 Å².